The van der Waals surface area contributed by atoms with E-state index in [2.05, 4.69) is 5.32 Å². The van der Waals surface area contributed by atoms with E-state index in [1.807, 2.05) is 18.2 Å². The number of fused-ring (bicyclic) bond motifs is 1. The third kappa shape index (κ3) is 2.71. The molecule has 0 aliphatic carbocycles. The van der Waals surface area contributed by atoms with Gasteiger partial charge in [0.05, 0.1) is 5.69 Å². The van der Waals surface area contributed by atoms with Crippen LogP contribution in [-0.4, -0.2) is 37.0 Å². The fraction of sp³-hybridized carbons (Fsp3) is 0.333. The van der Waals surface area contributed by atoms with Crippen LogP contribution in [0.15, 0.2) is 18.2 Å². The van der Waals surface area contributed by atoms with E-state index >= 15 is 0 Å². The van der Waals surface area contributed by atoms with Crippen molar-refractivity contribution in [1.29, 1.82) is 0 Å². The number of nitrogens with zero attached hydrogens (tertiary/aromatic N) is 1. The van der Waals surface area contributed by atoms with Gasteiger partial charge < -0.3 is 20.7 Å². The van der Waals surface area contributed by atoms with Crippen molar-refractivity contribution in [2.24, 2.45) is 5.73 Å². The number of likely N-dealkylation sites (N-methyl/N-ethyl adjacent to an activating group) is 1. The number of carbonyl (C=O) groups is 2. The van der Waals surface area contributed by atoms with E-state index in [9.17, 15) is 9.59 Å². The number of hydrogen-bond acceptors (Lipinski definition) is 3. The number of ether oxygens (including phenoxy) is 1. The molecule has 1 heterocycles. The lowest BCUT2D eigenvalue weighted by atomic mass is 10.1. The molecule has 0 atom stereocenters. The van der Waals surface area contributed by atoms with Gasteiger partial charge in [-0.2, -0.15) is 0 Å². The van der Waals surface area contributed by atoms with Gasteiger partial charge in [0.1, 0.15) is 5.75 Å². The summed E-state index contributed by atoms with van der Waals surface area (Å²) in [5.41, 5.74) is 6.82. The van der Waals surface area contributed by atoms with Crippen LogP contribution in [0.3, 0.4) is 0 Å². The van der Waals surface area contributed by atoms with Crippen molar-refractivity contribution < 1.29 is 14.3 Å². The number of primary amides is 1. The molecule has 6 nitrogen and oxygen atoms in total. The van der Waals surface area contributed by atoms with E-state index in [4.69, 9.17) is 10.5 Å². The molecule has 96 valence electrons. The molecule has 6 heteroatoms. The summed E-state index contributed by atoms with van der Waals surface area (Å²) in [6.45, 7) is 0.583. The lowest BCUT2D eigenvalue weighted by Gasteiger charge is -2.19. The normalized spacial score (nSPS) is 13.3. The van der Waals surface area contributed by atoms with Crippen LogP contribution >= 0.6 is 0 Å². The van der Waals surface area contributed by atoms with Crippen molar-refractivity contribution in [3.05, 3.63) is 23.8 Å². The number of amides is 3. The number of benzene rings is 1. The number of nitrogens with two attached hydrogens (primary N) is 1. The predicted molar refractivity (Wildman–Crippen MR) is 66.5 cm³/mol. The van der Waals surface area contributed by atoms with Gasteiger partial charge in [-0.1, -0.05) is 6.07 Å². The highest BCUT2D eigenvalue weighted by Crippen LogP contribution is 2.28. The van der Waals surface area contributed by atoms with Crippen LogP contribution in [0.1, 0.15) is 5.56 Å². The number of nitrogens with one attached hydrogen (secondary N) is 1. The number of rotatable bonds is 3. The first-order valence-electron chi connectivity index (χ1n) is 5.62. The average molecular weight is 249 g/mol. The van der Waals surface area contributed by atoms with E-state index in [-0.39, 0.29) is 12.5 Å². The molecule has 0 aromatic heterocycles. The molecular formula is C12H15N3O3. The third-order valence-corrected chi connectivity index (χ3v) is 2.79. The number of urea groups is 1. The fourth-order valence-electron chi connectivity index (χ4n) is 1.69. The zero-order chi connectivity index (χ0) is 13.1. The van der Waals surface area contributed by atoms with Gasteiger partial charge in [0.15, 0.2) is 6.61 Å². The lowest BCUT2D eigenvalue weighted by Crippen LogP contribution is -2.33. The smallest absolute Gasteiger partial charge is 0.314 e. The van der Waals surface area contributed by atoms with Gasteiger partial charge in [0.25, 0.3) is 5.91 Å². The Labute approximate surface area is 105 Å². The monoisotopic (exact) mass is 249 g/mol. The molecule has 2 rings (SSSR count). The first kappa shape index (κ1) is 12.2. The van der Waals surface area contributed by atoms with Gasteiger partial charge in [0, 0.05) is 13.6 Å². The van der Waals surface area contributed by atoms with Crippen molar-refractivity contribution in [2.75, 3.05) is 25.5 Å². The Morgan fingerprint density at radius 1 is 1.56 bits per heavy atom. The molecule has 1 aliphatic rings. The van der Waals surface area contributed by atoms with Crippen LogP contribution in [0.25, 0.3) is 0 Å². The van der Waals surface area contributed by atoms with Gasteiger partial charge in [0.2, 0.25) is 0 Å². The maximum Gasteiger partial charge on any atom is 0.314 e. The van der Waals surface area contributed by atoms with Crippen molar-refractivity contribution in [2.45, 2.75) is 6.42 Å². The molecule has 18 heavy (non-hydrogen) atoms. The highest BCUT2D eigenvalue weighted by Gasteiger charge is 2.15. The molecule has 0 saturated heterocycles. The van der Waals surface area contributed by atoms with Crippen LogP contribution in [0.2, 0.25) is 0 Å². The fourth-order valence-corrected chi connectivity index (χ4v) is 1.69. The Bertz CT molecular complexity index is 487. The van der Waals surface area contributed by atoms with E-state index in [0.29, 0.717) is 24.4 Å². The predicted octanol–water partition coefficient (Wildman–Crippen LogP) is 0.571. The first-order valence-corrected chi connectivity index (χ1v) is 5.62. The van der Waals surface area contributed by atoms with Crippen LogP contribution in [0, 0.1) is 0 Å². The molecule has 0 bridgehead atoms. The second-order valence-electron chi connectivity index (χ2n) is 4.18. The maximum absolute atomic E-state index is 11.2. The van der Waals surface area contributed by atoms with E-state index < -0.39 is 6.03 Å². The molecule has 0 radical (unpaired) electrons. The minimum absolute atomic E-state index is 0.0523. The molecule has 1 aromatic rings. The molecule has 0 saturated carbocycles. The second-order valence-corrected chi connectivity index (χ2v) is 4.18. The van der Waals surface area contributed by atoms with Crippen molar-refractivity contribution in [3.8, 4) is 5.75 Å². The van der Waals surface area contributed by atoms with Crippen LogP contribution in [0.4, 0.5) is 10.5 Å². The molecule has 3 N–H and O–H groups in total. The number of hydrogen-bond donors (Lipinski definition) is 2. The Hall–Kier alpha value is -2.24. The van der Waals surface area contributed by atoms with E-state index in [1.165, 1.54) is 4.90 Å². The van der Waals surface area contributed by atoms with Crippen molar-refractivity contribution in [1.82, 2.24) is 4.90 Å². The molecule has 3 amide bonds. The standard InChI is InChI=1S/C12H15N3O3/c1-15(12(13)17)5-4-8-2-3-10-9(6-8)14-11(16)7-18-10/h2-3,6H,4-5,7H2,1H3,(H2,13,17)(H,14,16). The summed E-state index contributed by atoms with van der Waals surface area (Å²) >= 11 is 0. The van der Waals surface area contributed by atoms with Crippen molar-refractivity contribution in [3.63, 3.8) is 0 Å². The Morgan fingerprint density at radius 2 is 2.33 bits per heavy atom. The summed E-state index contributed by atoms with van der Waals surface area (Å²) in [5, 5.41) is 2.74. The SMILES string of the molecule is CN(CCc1ccc2c(c1)NC(=O)CO2)C(N)=O. The summed E-state index contributed by atoms with van der Waals surface area (Å²) in [7, 11) is 1.64. The highest BCUT2D eigenvalue weighted by molar-refractivity contribution is 5.95. The zero-order valence-corrected chi connectivity index (χ0v) is 10.1. The van der Waals surface area contributed by atoms with Gasteiger partial charge in [-0.3, -0.25) is 4.79 Å². The largest absolute Gasteiger partial charge is 0.482 e. The summed E-state index contributed by atoms with van der Waals surface area (Å²) in [5.74, 6) is 0.510. The second kappa shape index (κ2) is 4.95. The zero-order valence-electron chi connectivity index (χ0n) is 10.1. The summed E-state index contributed by atoms with van der Waals surface area (Å²) in [6.07, 6.45) is 0.669. The van der Waals surface area contributed by atoms with E-state index in [0.717, 1.165) is 5.56 Å². The first-order chi connectivity index (χ1) is 8.56. The number of anilines is 1. The Kier molecular flexibility index (Phi) is 3.36. The summed E-state index contributed by atoms with van der Waals surface area (Å²) in [6, 6.07) is 5.12. The molecular weight excluding hydrogens is 234 g/mol. The van der Waals surface area contributed by atoms with Gasteiger partial charge >= 0.3 is 6.03 Å². The number of carbonyl (C=O) groups excluding carboxylic acids is 2. The van der Waals surface area contributed by atoms with Gasteiger partial charge in [-0.05, 0) is 24.1 Å². The van der Waals surface area contributed by atoms with Gasteiger partial charge in [-0.25, -0.2) is 4.79 Å². The molecule has 0 unspecified atom stereocenters. The lowest BCUT2D eigenvalue weighted by molar-refractivity contribution is -0.118. The minimum atomic E-state index is -0.454. The minimum Gasteiger partial charge on any atom is -0.482 e. The Morgan fingerprint density at radius 3 is 3.06 bits per heavy atom. The summed E-state index contributed by atoms with van der Waals surface area (Å²) in [4.78, 5) is 23.5. The van der Waals surface area contributed by atoms with Crippen molar-refractivity contribution >= 4 is 17.6 Å². The molecule has 0 fully saturated rings. The highest BCUT2D eigenvalue weighted by atomic mass is 16.5. The molecule has 0 spiro atoms. The quantitative estimate of drug-likeness (QED) is 0.821. The molecule has 1 aromatic carbocycles. The Balaban J connectivity index is 2.04. The topological polar surface area (TPSA) is 84.7 Å². The van der Waals surface area contributed by atoms with Crippen LogP contribution < -0.4 is 15.8 Å². The van der Waals surface area contributed by atoms with E-state index in [1.54, 1.807) is 7.05 Å². The average Bonchev–Trinajstić information content (AvgIpc) is 2.35. The maximum atomic E-state index is 11.2. The van der Waals surface area contributed by atoms with Crippen LogP contribution in [0.5, 0.6) is 5.75 Å². The third-order valence-electron chi connectivity index (χ3n) is 2.79. The van der Waals surface area contributed by atoms with Gasteiger partial charge in [-0.15, -0.1) is 0 Å². The molecule has 1 aliphatic heterocycles. The summed E-state index contributed by atoms with van der Waals surface area (Å²) < 4.78 is 5.26. The van der Waals surface area contributed by atoms with Crippen LogP contribution in [-0.2, 0) is 11.2 Å².